The molecule has 10 N–H and O–H groups in total. The maximum Gasteiger partial charge on any atom is 0.330 e. The van der Waals surface area contributed by atoms with Crippen LogP contribution in [0.5, 0.6) is 28.7 Å². The van der Waals surface area contributed by atoms with Gasteiger partial charge in [0.25, 0.3) is 0 Å². The van der Waals surface area contributed by atoms with Crippen LogP contribution < -0.4 is 20.6 Å². The number of hydrogen-bond donors (Lipinski definition) is 9. The van der Waals surface area contributed by atoms with E-state index in [9.17, 15) is 55.3 Å². The number of rotatable bonds is 10. The van der Waals surface area contributed by atoms with E-state index >= 15 is 0 Å². The van der Waals surface area contributed by atoms with E-state index in [0.29, 0.717) is 5.56 Å². The number of nitrogens with zero attached hydrogens (tertiary/aromatic N) is 1. The van der Waals surface area contributed by atoms with Crippen LogP contribution in [0.2, 0.25) is 0 Å². The summed E-state index contributed by atoms with van der Waals surface area (Å²) in [5.41, 5.74) is 4.45. The van der Waals surface area contributed by atoms with Crippen molar-refractivity contribution in [1.29, 1.82) is 0 Å². The average Bonchev–Trinajstić information content (AvgIpc) is 3.16. The van der Waals surface area contributed by atoms with Crippen LogP contribution in [0.3, 0.4) is 0 Å². The lowest BCUT2D eigenvalue weighted by Gasteiger charge is -2.39. The number of carbonyl (C=O) groups excluding carboxylic acids is 1. The van der Waals surface area contributed by atoms with Gasteiger partial charge in [0, 0.05) is 23.8 Å². The summed E-state index contributed by atoms with van der Waals surface area (Å²) in [6.45, 7) is 0.832. The van der Waals surface area contributed by atoms with Crippen LogP contribution in [-0.4, -0.2) is 115 Å². The van der Waals surface area contributed by atoms with Gasteiger partial charge < -0.3 is 74.7 Å². The summed E-state index contributed by atoms with van der Waals surface area (Å²) in [4.78, 5) is 38.0. The number of esters is 1. The van der Waals surface area contributed by atoms with E-state index in [1.807, 2.05) is 0 Å². The zero-order valence-electron chi connectivity index (χ0n) is 28.6. The fourth-order valence-electron chi connectivity index (χ4n) is 5.89. The lowest BCUT2D eigenvalue weighted by atomic mass is 9.98. The Morgan fingerprint density at radius 1 is 0.855 bits per heavy atom. The number of aliphatic hydroxyl groups is 5. The van der Waals surface area contributed by atoms with Gasteiger partial charge in [-0.05, 0) is 54.1 Å². The number of benzene rings is 3. The summed E-state index contributed by atoms with van der Waals surface area (Å²) in [5, 5.41) is 85.6. The van der Waals surface area contributed by atoms with Gasteiger partial charge in [0.15, 0.2) is 5.76 Å². The van der Waals surface area contributed by atoms with Crippen molar-refractivity contribution in [2.24, 2.45) is 10.9 Å². The fourth-order valence-corrected chi connectivity index (χ4v) is 5.89. The Morgan fingerprint density at radius 2 is 1.56 bits per heavy atom. The van der Waals surface area contributed by atoms with Gasteiger partial charge >= 0.3 is 5.97 Å². The SMILES string of the molecule is CC1O[C@@H](Oc2cc(O)c3c(=O)c(O[C@@H]4OC(COC(=O)/C=C/c5ccc(O)cc5)[C@@H](O)C(O)C4O)c(-c4ccc(O)c(N=O)c4)oc3c2)C(O)C(N)[C@H]1O. The Morgan fingerprint density at radius 3 is 2.27 bits per heavy atom. The molecule has 3 aromatic carbocycles. The summed E-state index contributed by atoms with van der Waals surface area (Å²) in [5.74, 6) is -3.53. The summed E-state index contributed by atoms with van der Waals surface area (Å²) in [6, 6.07) is 10.2. The van der Waals surface area contributed by atoms with Crippen molar-refractivity contribution >= 4 is 28.7 Å². The van der Waals surface area contributed by atoms with Gasteiger partial charge in [0.2, 0.25) is 23.8 Å². The summed E-state index contributed by atoms with van der Waals surface area (Å²) in [6.07, 6.45) is -11.8. The average molecular weight is 769 g/mol. The molecule has 19 nitrogen and oxygen atoms in total. The zero-order chi connectivity index (χ0) is 39.7. The molecule has 0 saturated carbocycles. The Labute approximate surface area is 309 Å². The van der Waals surface area contributed by atoms with E-state index < -0.39 is 113 Å². The number of ether oxygens (including phenoxy) is 5. The lowest BCUT2D eigenvalue weighted by Crippen LogP contribution is -2.61. The molecular weight excluding hydrogens is 732 g/mol. The van der Waals surface area contributed by atoms with E-state index in [4.69, 9.17) is 33.8 Å². The predicted molar refractivity (Wildman–Crippen MR) is 187 cm³/mol. The molecule has 6 rings (SSSR count). The first-order valence-electron chi connectivity index (χ1n) is 16.6. The van der Waals surface area contributed by atoms with Crippen molar-refractivity contribution in [3.8, 4) is 40.1 Å². The third-order valence-corrected chi connectivity index (χ3v) is 8.99. The van der Waals surface area contributed by atoms with Crippen LogP contribution in [0.15, 0.2) is 75.1 Å². The van der Waals surface area contributed by atoms with Crippen molar-refractivity contribution < 1.29 is 73.7 Å². The maximum absolute atomic E-state index is 14.1. The van der Waals surface area contributed by atoms with Crippen LogP contribution in [-0.2, 0) is 19.0 Å². The standard InChI is InChI=1S/C36H36N2O17/c1-14-27(43)26(37)30(46)35(51-14)52-18-11-21(41)25-22(12-18)53-33(16-5-8-20(40)19(10-16)38-49)34(29(25)45)55-36-32(48)31(47)28(44)23(54-36)13-50-24(42)9-4-15-2-6-17(39)7-3-15/h2-12,14,23,26-28,30-32,35-36,39-41,43-44,46-48H,13,37H2,1H3/b9-4+/t14?,23?,26?,27-,28+,30?,31?,32?,35-,36-/m0/s1. The summed E-state index contributed by atoms with van der Waals surface area (Å²) < 4.78 is 33.8. The van der Waals surface area contributed by atoms with E-state index in [1.54, 1.807) is 0 Å². The number of nitrogens with two attached hydrogens (primary N) is 1. The molecule has 3 heterocycles. The number of phenols is 3. The largest absolute Gasteiger partial charge is 0.508 e. The molecule has 0 aliphatic carbocycles. The van der Waals surface area contributed by atoms with Gasteiger partial charge in [-0.15, -0.1) is 4.91 Å². The Hall–Kier alpha value is -5.64. The molecule has 1 aromatic heterocycles. The van der Waals surface area contributed by atoms with E-state index in [1.165, 1.54) is 43.3 Å². The number of hydrogen-bond acceptors (Lipinski definition) is 19. The number of aliphatic hydroxyl groups excluding tert-OH is 5. The molecule has 2 saturated heterocycles. The van der Waals surface area contributed by atoms with Gasteiger partial charge in [0.1, 0.15) is 76.8 Å². The highest BCUT2D eigenvalue weighted by atomic mass is 16.7. The first-order valence-corrected chi connectivity index (χ1v) is 16.6. The van der Waals surface area contributed by atoms with Crippen molar-refractivity contribution in [2.45, 2.75) is 68.3 Å². The number of phenolic OH excluding ortho intramolecular Hbond substituents is 3. The first kappa shape index (κ1) is 39.1. The molecule has 2 aliphatic heterocycles. The Kier molecular flexibility index (Phi) is 11.4. The van der Waals surface area contributed by atoms with Crippen LogP contribution >= 0.6 is 0 Å². The number of carbonyl (C=O) groups is 1. The van der Waals surface area contributed by atoms with Gasteiger partial charge in [-0.2, -0.15) is 0 Å². The Balaban J connectivity index is 1.32. The predicted octanol–water partition coefficient (Wildman–Crippen LogP) is 0.590. The van der Waals surface area contributed by atoms with Gasteiger partial charge in [0.05, 0.1) is 18.2 Å². The normalized spacial score (nSPS) is 28.2. The molecular formula is C36H36N2O17. The van der Waals surface area contributed by atoms with Gasteiger partial charge in [-0.3, -0.25) is 4.79 Å². The number of aromatic hydroxyl groups is 3. The molecule has 4 aromatic rings. The third-order valence-electron chi connectivity index (χ3n) is 8.99. The van der Waals surface area contributed by atoms with Crippen LogP contribution in [0, 0.1) is 4.91 Å². The highest BCUT2D eigenvalue weighted by molar-refractivity contribution is 5.89. The van der Waals surface area contributed by atoms with Crippen molar-refractivity contribution in [3.63, 3.8) is 0 Å². The molecule has 2 aliphatic rings. The molecule has 0 amide bonds. The maximum atomic E-state index is 14.1. The molecule has 6 unspecified atom stereocenters. The second-order valence-corrected chi connectivity index (χ2v) is 12.8. The fraction of sp³-hybridized carbons (Fsp3) is 0.333. The molecule has 0 radical (unpaired) electrons. The quantitative estimate of drug-likeness (QED) is 0.0606. The molecule has 55 heavy (non-hydrogen) atoms. The van der Waals surface area contributed by atoms with Crippen LogP contribution in [0.1, 0.15) is 12.5 Å². The third kappa shape index (κ3) is 8.09. The highest BCUT2D eigenvalue weighted by Crippen LogP contribution is 2.40. The molecule has 19 heteroatoms. The van der Waals surface area contributed by atoms with Crippen molar-refractivity contribution in [1.82, 2.24) is 0 Å². The zero-order valence-corrected chi connectivity index (χ0v) is 28.6. The smallest absolute Gasteiger partial charge is 0.330 e. The molecule has 2 fully saturated rings. The van der Waals surface area contributed by atoms with Crippen LogP contribution in [0.4, 0.5) is 5.69 Å². The van der Waals surface area contributed by atoms with Crippen molar-refractivity contribution in [3.05, 3.63) is 81.4 Å². The minimum absolute atomic E-state index is 0.0195. The second kappa shape index (κ2) is 16.0. The summed E-state index contributed by atoms with van der Waals surface area (Å²) >= 11 is 0. The number of nitroso groups, excluding NO2 is 1. The van der Waals surface area contributed by atoms with E-state index in [0.717, 1.165) is 30.3 Å². The van der Waals surface area contributed by atoms with Gasteiger partial charge in [-0.1, -0.05) is 12.1 Å². The Bertz CT molecular complexity index is 2140. The molecule has 10 atom stereocenters. The van der Waals surface area contributed by atoms with Crippen LogP contribution in [0.25, 0.3) is 28.4 Å². The molecule has 0 spiro atoms. The van der Waals surface area contributed by atoms with Gasteiger partial charge in [-0.25, -0.2) is 4.79 Å². The van der Waals surface area contributed by atoms with E-state index in [-0.39, 0.29) is 22.6 Å². The molecule has 292 valence electrons. The monoisotopic (exact) mass is 768 g/mol. The minimum Gasteiger partial charge on any atom is -0.508 e. The summed E-state index contributed by atoms with van der Waals surface area (Å²) in [7, 11) is 0. The second-order valence-electron chi connectivity index (χ2n) is 12.8. The first-order chi connectivity index (χ1) is 26.2. The lowest BCUT2D eigenvalue weighted by molar-refractivity contribution is -0.278. The minimum atomic E-state index is -2.02. The number of fused-ring (bicyclic) bond motifs is 1. The van der Waals surface area contributed by atoms with Crippen molar-refractivity contribution in [2.75, 3.05) is 6.61 Å². The van der Waals surface area contributed by atoms with E-state index in [2.05, 4.69) is 5.18 Å². The highest BCUT2D eigenvalue weighted by Gasteiger charge is 2.46. The topological polar surface area (TPSA) is 311 Å². The molecule has 0 bridgehead atoms.